The molecule has 3 heteroatoms. The van der Waals surface area contributed by atoms with E-state index in [-0.39, 0.29) is 17.5 Å². The second-order valence-electron chi connectivity index (χ2n) is 21.5. The molecular formula is C66H55BN2. The molecule has 0 atom stereocenters. The van der Waals surface area contributed by atoms with Crippen molar-refractivity contribution >= 4 is 57.2 Å². The van der Waals surface area contributed by atoms with E-state index in [0.717, 1.165) is 0 Å². The number of para-hydroxylation sites is 2. The molecule has 0 unspecified atom stereocenters. The first-order valence-electron chi connectivity index (χ1n) is 25.4. The Kier molecular flexibility index (Phi) is 8.89. The molecule has 2 aliphatic heterocycles. The summed E-state index contributed by atoms with van der Waals surface area (Å²) < 4.78 is 0. The second-order valence-corrected chi connectivity index (χ2v) is 21.5. The van der Waals surface area contributed by atoms with Gasteiger partial charge in [0.1, 0.15) is 0 Å². The van der Waals surface area contributed by atoms with Crippen molar-refractivity contribution in [3.63, 3.8) is 0 Å². The molecule has 9 aromatic rings. The van der Waals surface area contributed by atoms with E-state index in [1.165, 1.54) is 155 Å². The average Bonchev–Trinajstić information content (AvgIpc) is 3.77. The normalized spacial score (nSPS) is 16.5. The van der Waals surface area contributed by atoms with Crippen LogP contribution in [-0.4, -0.2) is 6.71 Å². The van der Waals surface area contributed by atoms with Gasteiger partial charge in [0.25, 0.3) is 6.71 Å². The van der Waals surface area contributed by atoms with Crippen LogP contribution in [0.2, 0.25) is 0 Å². The first kappa shape index (κ1) is 40.7. The van der Waals surface area contributed by atoms with Crippen molar-refractivity contribution < 1.29 is 0 Å². The first-order chi connectivity index (χ1) is 33.7. The topological polar surface area (TPSA) is 6.48 Å². The largest absolute Gasteiger partial charge is 0.311 e. The van der Waals surface area contributed by atoms with Crippen molar-refractivity contribution in [2.75, 3.05) is 9.80 Å². The first-order valence-corrected chi connectivity index (χ1v) is 25.4. The van der Waals surface area contributed by atoms with Crippen LogP contribution in [-0.2, 0) is 10.8 Å². The lowest BCUT2D eigenvalue weighted by Crippen LogP contribution is -2.61. The number of hydrogen-bond donors (Lipinski definition) is 0. The quantitative estimate of drug-likeness (QED) is 0.159. The Labute approximate surface area is 408 Å². The fourth-order valence-electron chi connectivity index (χ4n) is 13.5. The Morgan fingerprint density at radius 2 is 0.783 bits per heavy atom. The predicted molar refractivity (Wildman–Crippen MR) is 292 cm³/mol. The van der Waals surface area contributed by atoms with Gasteiger partial charge in [0.15, 0.2) is 0 Å². The molecule has 14 rings (SSSR count). The van der Waals surface area contributed by atoms with E-state index in [2.05, 4.69) is 232 Å². The van der Waals surface area contributed by atoms with E-state index in [1.54, 1.807) is 0 Å². The summed E-state index contributed by atoms with van der Waals surface area (Å²) in [4.78, 5) is 5.18. The van der Waals surface area contributed by atoms with Crippen LogP contribution in [0.1, 0.15) is 93.5 Å². The van der Waals surface area contributed by atoms with E-state index in [0.29, 0.717) is 5.92 Å². The van der Waals surface area contributed by atoms with Crippen molar-refractivity contribution in [2.45, 2.75) is 76.5 Å². The van der Waals surface area contributed by atoms with Crippen LogP contribution in [0, 0.1) is 0 Å². The molecule has 3 aliphatic carbocycles. The van der Waals surface area contributed by atoms with Gasteiger partial charge in [-0.15, -0.1) is 0 Å². The van der Waals surface area contributed by atoms with E-state index >= 15 is 0 Å². The summed E-state index contributed by atoms with van der Waals surface area (Å²) in [5.74, 6) is 0.534. The second kappa shape index (κ2) is 15.1. The van der Waals surface area contributed by atoms with Crippen LogP contribution in [0.3, 0.4) is 0 Å². The summed E-state index contributed by atoms with van der Waals surface area (Å²) in [5, 5.41) is 0. The van der Waals surface area contributed by atoms with Gasteiger partial charge in [0, 0.05) is 45.0 Å². The molecule has 332 valence electrons. The van der Waals surface area contributed by atoms with E-state index in [4.69, 9.17) is 0 Å². The molecule has 0 radical (unpaired) electrons. The molecule has 0 bridgehead atoms. The highest BCUT2D eigenvalue weighted by Crippen LogP contribution is 2.52. The summed E-state index contributed by atoms with van der Waals surface area (Å²) in [6, 6.07) is 74.5. The Bertz CT molecular complexity index is 3330. The molecule has 0 spiro atoms. The minimum atomic E-state index is -0.0416. The lowest BCUT2D eigenvalue weighted by Gasteiger charge is -2.45. The SMILES string of the molecule is CC1(C)c2ccccc2-c2ccc(-c3ccc(N4c5ccccc5B5c6ccccc6N(c6ccc(-c7ccc8c(c7)C(C)(C)c7ccccc7-8)cc6)c6cc(C7CCCCC7)cc4c65)cc3)cc21. The molecule has 9 aromatic carbocycles. The maximum absolute atomic E-state index is 2.59. The molecule has 0 saturated heterocycles. The smallest absolute Gasteiger partial charge is 0.252 e. The Morgan fingerprint density at radius 3 is 1.26 bits per heavy atom. The molecule has 1 fully saturated rings. The van der Waals surface area contributed by atoms with Gasteiger partial charge >= 0.3 is 0 Å². The fraction of sp³-hybridized carbons (Fsp3) is 0.182. The van der Waals surface area contributed by atoms with Gasteiger partial charge in [-0.3, -0.25) is 0 Å². The summed E-state index contributed by atoms with van der Waals surface area (Å²) in [5.41, 5.74) is 29.1. The minimum absolute atomic E-state index is 0.0416. The summed E-state index contributed by atoms with van der Waals surface area (Å²) >= 11 is 0. The summed E-state index contributed by atoms with van der Waals surface area (Å²) in [6.45, 7) is 9.59. The van der Waals surface area contributed by atoms with Gasteiger partial charge in [-0.25, -0.2) is 0 Å². The lowest BCUT2D eigenvalue weighted by atomic mass is 9.33. The van der Waals surface area contributed by atoms with Crippen molar-refractivity contribution in [3.05, 3.63) is 222 Å². The molecule has 2 nitrogen and oxygen atoms in total. The molecular weight excluding hydrogens is 832 g/mol. The Morgan fingerprint density at radius 1 is 0.377 bits per heavy atom. The van der Waals surface area contributed by atoms with Crippen molar-refractivity contribution in [2.24, 2.45) is 0 Å². The van der Waals surface area contributed by atoms with Crippen molar-refractivity contribution in [1.29, 1.82) is 0 Å². The highest BCUT2D eigenvalue weighted by Gasteiger charge is 2.44. The fourth-order valence-corrected chi connectivity index (χ4v) is 13.5. The number of benzene rings is 9. The van der Waals surface area contributed by atoms with Gasteiger partial charge in [-0.05, 0) is 168 Å². The van der Waals surface area contributed by atoms with Crippen LogP contribution in [0.15, 0.2) is 194 Å². The van der Waals surface area contributed by atoms with Crippen LogP contribution >= 0.6 is 0 Å². The van der Waals surface area contributed by atoms with E-state index in [1.807, 2.05) is 0 Å². The Hall–Kier alpha value is -7.36. The van der Waals surface area contributed by atoms with E-state index < -0.39 is 0 Å². The van der Waals surface area contributed by atoms with Crippen LogP contribution < -0.4 is 26.2 Å². The average molecular weight is 887 g/mol. The molecule has 69 heavy (non-hydrogen) atoms. The predicted octanol–water partition coefficient (Wildman–Crippen LogP) is 15.8. The maximum atomic E-state index is 2.59. The minimum Gasteiger partial charge on any atom is -0.311 e. The van der Waals surface area contributed by atoms with Gasteiger partial charge in [-0.1, -0.05) is 180 Å². The third-order valence-corrected chi connectivity index (χ3v) is 17.1. The highest BCUT2D eigenvalue weighted by atomic mass is 15.2. The highest BCUT2D eigenvalue weighted by molar-refractivity contribution is 7.00. The number of nitrogens with zero attached hydrogens (tertiary/aromatic N) is 2. The van der Waals surface area contributed by atoms with Gasteiger partial charge in [-0.2, -0.15) is 0 Å². The van der Waals surface area contributed by atoms with Crippen LogP contribution in [0.5, 0.6) is 0 Å². The molecule has 0 amide bonds. The zero-order chi connectivity index (χ0) is 46.2. The van der Waals surface area contributed by atoms with Crippen molar-refractivity contribution in [1.82, 2.24) is 0 Å². The zero-order valence-corrected chi connectivity index (χ0v) is 40.1. The third-order valence-electron chi connectivity index (χ3n) is 17.1. The Balaban J connectivity index is 0.897. The van der Waals surface area contributed by atoms with Crippen LogP contribution in [0.4, 0.5) is 34.1 Å². The standard InChI is InChI=1S/C66H55BN2/c1-65(2)54-20-10-8-18-50(54)52-36-30-45(38-56(52)65)43-26-32-48(33-27-43)68-60-24-14-12-22-58(60)67-59-23-13-15-25-61(59)69(63-41-47(40-62(68)64(63)67)42-16-6-5-7-17-42)49-34-28-44(29-35-49)46-31-37-53-51-19-9-11-21-55(51)66(3,4)57(53)39-46/h8-15,18-42H,5-7,16-17H2,1-4H3. The summed E-state index contributed by atoms with van der Waals surface area (Å²) in [6.07, 6.45) is 6.39. The molecule has 1 saturated carbocycles. The monoisotopic (exact) mass is 886 g/mol. The van der Waals surface area contributed by atoms with Gasteiger partial charge < -0.3 is 9.80 Å². The van der Waals surface area contributed by atoms with Crippen LogP contribution in [0.25, 0.3) is 44.5 Å². The third kappa shape index (κ3) is 5.99. The van der Waals surface area contributed by atoms with Crippen molar-refractivity contribution in [3.8, 4) is 44.5 Å². The number of anilines is 6. The number of rotatable bonds is 5. The zero-order valence-electron chi connectivity index (χ0n) is 40.1. The molecule has 0 aromatic heterocycles. The lowest BCUT2D eigenvalue weighted by molar-refractivity contribution is 0.444. The maximum Gasteiger partial charge on any atom is 0.252 e. The number of hydrogen-bond acceptors (Lipinski definition) is 2. The summed E-state index contributed by atoms with van der Waals surface area (Å²) in [7, 11) is 0. The molecule has 2 heterocycles. The number of fused-ring (bicyclic) bond motifs is 10. The molecule has 5 aliphatic rings. The molecule has 0 N–H and O–H groups in total. The van der Waals surface area contributed by atoms with E-state index in [9.17, 15) is 0 Å². The van der Waals surface area contributed by atoms with Gasteiger partial charge in [0.05, 0.1) is 0 Å². The van der Waals surface area contributed by atoms with Gasteiger partial charge in [0.2, 0.25) is 0 Å².